The smallest absolute Gasteiger partial charge is 0.246 e. The molecule has 1 aromatic carbocycles. The summed E-state index contributed by atoms with van der Waals surface area (Å²) in [6.45, 7) is 1.74. The minimum absolute atomic E-state index is 0.0956. The van der Waals surface area contributed by atoms with Gasteiger partial charge in [0.25, 0.3) is 0 Å². The average molecular weight is 251 g/mol. The molecule has 0 saturated carbocycles. The van der Waals surface area contributed by atoms with E-state index < -0.39 is 23.2 Å². The Bertz CT molecular complexity index is 560. The molecule has 0 saturated heterocycles. The van der Waals surface area contributed by atoms with E-state index in [1.807, 2.05) is 6.92 Å². The van der Waals surface area contributed by atoms with Gasteiger partial charge in [-0.15, -0.1) is 0 Å². The van der Waals surface area contributed by atoms with Gasteiger partial charge in [-0.3, -0.25) is 9.48 Å². The van der Waals surface area contributed by atoms with Crippen molar-refractivity contribution < 1.29 is 13.6 Å². The molecule has 94 valence electrons. The molecule has 0 atom stereocenters. The van der Waals surface area contributed by atoms with Crippen LogP contribution in [0.3, 0.4) is 0 Å². The second-order valence-electron chi connectivity index (χ2n) is 3.86. The van der Waals surface area contributed by atoms with Gasteiger partial charge in [-0.05, 0) is 24.6 Å². The largest absolute Gasteiger partial charge is 0.320 e. The van der Waals surface area contributed by atoms with Crippen LogP contribution in [-0.4, -0.2) is 15.7 Å². The highest BCUT2D eigenvalue weighted by Crippen LogP contribution is 2.17. The molecule has 18 heavy (non-hydrogen) atoms. The number of carbonyl (C=O) groups excluding carboxylic acids is 1. The second-order valence-corrected chi connectivity index (χ2v) is 3.86. The van der Waals surface area contributed by atoms with Gasteiger partial charge in [0.1, 0.15) is 23.9 Å². The molecule has 0 radical (unpaired) electrons. The van der Waals surface area contributed by atoms with Crippen LogP contribution < -0.4 is 5.32 Å². The van der Waals surface area contributed by atoms with Crippen LogP contribution in [0, 0.1) is 18.6 Å². The number of hydrogen-bond acceptors (Lipinski definition) is 2. The second kappa shape index (κ2) is 4.95. The van der Waals surface area contributed by atoms with Gasteiger partial charge in [0.05, 0.1) is 6.20 Å². The van der Waals surface area contributed by atoms with Crippen molar-refractivity contribution in [2.24, 2.45) is 0 Å². The van der Waals surface area contributed by atoms with Crippen LogP contribution in [0.25, 0.3) is 0 Å². The topological polar surface area (TPSA) is 46.9 Å². The van der Waals surface area contributed by atoms with Crippen molar-refractivity contribution in [3.63, 3.8) is 0 Å². The van der Waals surface area contributed by atoms with Crippen LogP contribution in [0.2, 0.25) is 0 Å². The fraction of sp³-hybridized carbons (Fsp3) is 0.167. The third-order valence-corrected chi connectivity index (χ3v) is 2.30. The quantitative estimate of drug-likeness (QED) is 0.908. The molecular formula is C12H11F2N3O. The maximum absolute atomic E-state index is 13.3. The number of benzene rings is 1. The summed E-state index contributed by atoms with van der Waals surface area (Å²) in [4.78, 5) is 11.6. The van der Waals surface area contributed by atoms with Gasteiger partial charge in [0.2, 0.25) is 5.91 Å². The highest BCUT2D eigenvalue weighted by Gasteiger charge is 2.12. The van der Waals surface area contributed by atoms with Crippen LogP contribution in [0.15, 0.2) is 30.6 Å². The zero-order valence-electron chi connectivity index (χ0n) is 9.65. The number of carbonyl (C=O) groups is 1. The lowest BCUT2D eigenvalue weighted by atomic mass is 10.3. The first-order valence-electron chi connectivity index (χ1n) is 5.29. The van der Waals surface area contributed by atoms with Gasteiger partial charge >= 0.3 is 0 Å². The molecule has 0 aliphatic carbocycles. The molecule has 2 rings (SSSR count). The van der Waals surface area contributed by atoms with Crippen LogP contribution >= 0.6 is 0 Å². The number of rotatable bonds is 3. The lowest BCUT2D eigenvalue weighted by Gasteiger charge is -2.07. The summed E-state index contributed by atoms with van der Waals surface area (Å²) in [6, 6.07) is 3.39. The first kappa shape index (κ1) is 12.2. The Hall–Kier alpha value is -2.24. The highest BCUT2D eigenvalue weighted by molar-refractivity contribution is 5.90. The molecule has 0 spiro atoms. The van der Waals surface area contributed by atoms with E-state index in [1.54, 1.807) is 12.4 Å². The molecule has 1 amide bonds. The van der Waals surface area contributed by atoms with Crippen LogP contribution in [0.1, 0.15) is 5.56 Å². The molecule has 0 fully saturated rings. The zero-order chi connectivity index (χ0) is 13.1. The van der Waals surface area contributed by atoms with E-state index in [9.17, 15) is 13.6 Å². The molecule has 4 nitrogen and oxygen atoms in total. The third kappa shape index (κ3) is 2.71. The fourth-order valence-electron chi connectivity index (χ4n) is 1.50. The minimum atomic E-state index is -0.806. The van der Waals surface area contributed by atoms with Gasteiger partial charge in [-0.2, -0.15) is 5.10 Å². The van der Waals surface area contributed by atoms with E-state index in [-0.39, 0.29) is 6.54 Å². The van der Waals surface area contributed by atoms with E-state index in [1.165, 1.54) is 10.7 Å². The Balaban J connectivity index is 2.08. The molecule has 1 N–H and O–H groups in total. The SMILES string of the molecule is Cc1cnn(CC(=O)Nc2c(F)cccc2F)c1. The standard InChI is InChI=1S/C12H11F2N3O/c1-8-5-15-17(6-8)7-11(18)16-12-9(13)3-2-4-10(12)14/h2-6H,7H2,1H3,(H,16,18). The van der Waals surface area contributed by atoms with E-state index in [4.69, 9.17) is 0 Å². The van der Waals surface area contributed by atoms with Crippen molar-refractivity contribution in [3.05, 3.63) is 47.8 Å². The number of aryl methyl sites for hydroxylation is 1. The lowest BCUT2D eigenvalue weighted by molar-refractivity contribution is -0.116. The summed E-state index contributed by atoms with van der Waals surface area (Å²) in [6.07, 6.45) is 3.26. The van der Waals surface area contributed by atoms with E-state index in [0.29, 0.717) is 0 Å². The first-order valence-corrected chi connectivity index (χ1v) is 5.29. The van der Waals surface area contributed by atoms with Crippen molar-refractivity contribution in [3.8, 4) is 0 Å². The molecule has 6 heteroatoms. The first-order chi connectivity index (χ1) is 8.56. The van der Waals surface area contributed by atoms with Crippen molar-refractivity contribution in [1.29, 1.82) is 0 Å². The van der Waals surface area contributed by atoms with Crippen molar-refractivity contribution >= 4 is 11.6 Å². The Labute approximate surface area is 102 Å². The average Bonchev–Trinajstić information content (AvgIpc) is 2.69. The monoisotopic (exact) mass is 251 g/mol. The summed E-state index contributed by atoms with van der Waals surface area (Å²) < 4.78 is 27.9. The predicted molar refractivity (Wildman–Crippen MR) is 62.0 cm³/mol. The molecular weight excluding hydrogens is 240 g/mol. The van der Waals surface area contributed by atoms with E-state index >= 15 is 0 Å². The van der Waals surface area contributed by atoms with Gasteiger partial charge in [-0.25, -0.2) is 8.78 Å². The number of para-hydroxylation sites is 1. The number of nitrogens with one attached hydrogen (secondary N) is 1. The summed E-state index contributed by atoms with van der Waals surface area (Å²) in [5, 5.41) is 6.10. The Kier molecular flexibility index (Phi) is 3.36. The summed E-state index contributed by atoms with van der Waals surface area (Å²) in [5.74, 6) is -2.15. The van der Waals surface area contributed by atoms with E-state index in [2.05, 4.69) is 10.4 Å². The normalized spacial score (nSPS) is 10.4. The lowest BCUT2D eigenvalue weighted by Crippen LogP contribution is -2.20. The predicted octanol–water partition coefficient (Wildman–Crippen LogP) is 2.11. The van der Waals surface area contributed by atoms with Gasteiger partial charge < -0.3 is 5.32 Å². The molecule has 0 aliphatic rings. The number of aromatic nitrogens is 2. The van der Waals surface area contributed by atoms with Crippen molar-refractivity contribution in [1.82, 2.24) is 9.78 Å². The Morgan fingerprint density at radius 3 is 2.61 bits per heavy atom. The van der Waals surface area contributed by atoms with Crippen molar-refractivity contribution in [2.45, 2.75) is 13.5 Å². The van der Waals surface area contributed by atoms with Gasteiger partial charge in [0, 0.05) is 6.20 Å². The summed E-state index contributed by atoms with van der Waals surface area (Å²) in [7, 11) is 0. The zero-order valence-corrected chi connectivity index (χ0v) is 9.65. The molecule has 0 bridgehead atoms. The molecule has 0 unspecified atom stereocenters. The minimum Gasteiger partial charge on any atom is -0.320 e. The van der Waals surface area contributed by atoms with Crippen LogP contribution in [-0.2, 0) is 11.3 Å². The number of hydrogen-bond donors (Lipinski definition) is 1. The van der Waals surface area contributed by atoms with E-state index in [0.717, 1.165) is 17.7 Å². The summed E-state index contributed by atoms with van der Waals surface area (Å²) >= 11 is 0. The van der Waals surface area contributed by atoms with Gasteiger partial charge in [0.15, 0.2) is 0 Å². The summed E-state index contributed by atoms with van der Waals surface area (Å²) in [5.41, 5.74) is 0.464. The number of amides is 1. The van der Waals surface area contributed by atoms with Crippen molar-refractivity contribution in [2.75, 3.05) is 5.32 Å². The number of nitrogens with zero attached hydrogens (tertiary/aromatic N) is 2. The highest BCUT2D eigenvalue weighted by atomic mass is 19.1. The maximum atomic E-state index is 13.3. The Morgan fingerprint density at radius 2 is 2.06 bits per heavy atom. The third-order valence-electron chi connectivity index (χ3n) is 2.30. The molecule has 1 heterocycles. The van der Waals surface area contributed by atoms with Crippen LogP contribution in [0.4, 0.5) is 14.5 Å². The number of anilines is 1. The van der Waals surface area contributed by atoms with Crippen LogP contribution in [0.5, 0.6) is 0 Å². The molecule has 2 aromatic rings. The Morgan fingerprint density at radius 1 is 1.39 bits per heavy atom. The fourth-order valence-corrected chi connectivity index (χ4v) is 1.50. The maximum Gasteiger partial charge on any atom is 0.246 e. The van der Waals surface area contributed by atoms with Gasteiger partial charge in [-0.1, -0.05) is 6.07 Å². The number of halogens is 2. The molecule has 1 aromatic heterocycles. The molecule has 0 aliphatic heterocycles.